The van der Waals surface area contributed by atoms with Gasteiger partial charge in [-0.05, 0) is 53.8 Å². The minimum Gasteiger partial charge on any atom is -0.368 e. The summed E-state index contributed by atoms with van der Waals surface area (Å²) >= 11 is 0. The summed E-state index contributed by atoms with van der Waals surface area (Å²) in [5.74, 6) is -0.914. The predicted molar refractivity (Wildman–Crippen MR) is 90.7 cm³/mol. The number of hydrogen-bond acceptors (Lipinski definition) is 3. The molecule has 2 aliphatic rings. The molecule has 4 rings (SSSR count). The van der Waals surface area contributed by atoms with E-state index < -0.39 is 12.0 Å². The van der Waals surface area contributed by atoms with E-state index in [2.05, 4.69) is 5.32 Å². The van der Waals surface area contributed by atoms with E-state index in [1.54, 1.807) is 13.0 Å². The third kappa shape index (κ3) is 2.85. The van der Waals surface area contributed by atoms with E-state index in [1.807, 2.05) is 18.2 Å². The lowest BCUT2D eigenvalue weighted by atomic mass is 9.88. The molecule has 2 atom stereocenters. The van der Waals surface area contributed by atoms with Gasteiger partial charge in [-0.1, -0.05) is 18.2 Å². The minimum atomic E-state index is -0.546. The molecule has 25 heavy (non-hydrogen) atoms. The number of ketones is 1. The van der Waals surface area contributed by atoms with Crippen LogP contribution in [0, 0.1) is 5.82 Å². The maximum absolute atomic E-state index is 13.6. The molecule has 2 aliphatic heterocycles. The standard InChI is InChI=1S/C20H18FNO3/c1-11(23)2-3-12-4-6-15-13(8-12)10-25-19(15)18-16-9-14(21)5-7-17(16)22-20(18)24/h4-9,18-19H,2-3,10H2,1H3,(H,22,24). The molecule has 0 aliphatic carbocycles. The number of benzene rings is 2. The zero-order chi connectivity index (χ0) is 17.6. The highest BCUT2D eigenvalue weighted by molar-refractivity contribution is 6.03. The Labute approximate surface area is 145 Å². The summed E-state index contributed by atoms with van der Waals surface area (Å²) in [6.45, 7) is 2.00. The average Bonchev–Trinajstić information content (AvgIpc) is 3.12. The number of Topliss-reactive ketones (excluding diaryl/α,β-unsaturated/α-hetero) is 1. The first-order valence-electron chi connectivity index (χ1n) is 8.36. The van der Waals surface area contributed by atoms with Gasteiger partial charge < -0.3 is 14.8 Å². The molecule has 0 radical (unpaired) electrons. The van der Waals surface area contributed by atoms with E-state index in [4.69, 9.17) is 4.74 Å². The molecular weight excluding hydrogens is 321 g/mol. The van der Waals surface area contributed by atoms with Crippen LogP contribution in [0.4, 0.5) is 10.1 Å². The third-order valence-electron chi connectivity index (χ3n) is 4.89. The lowest BCUT2D eigenvalue weighted by Crippen LogP contribution is -2.19. The summed E-state index contributed by atoms with van der Waals surface area (Å²) in [4.78, 5) is 23.6. The van der Waals surface area contributed by atoms with Crippen LogP contribution in [-0.2, 0) is 27.4 Å². The normalized spacial score (nSPS) is 21.0. The molecule has 5 heteroatoms. The summed E-state index contributed by atoms with van der Waals surface area (Å²) in [6, 6.07) is 10.3. The van der Waals surface area contributed by atoms with Crippen LogP contribution >= 0.6 is 0 Å². The number of anilines is 1. The lowest BCUT2D eigenvalue weighted by molar-refractivity contribution is -0.120. The van der Waals surface area contributed by atoms with E-state index in [0.717, 1.165) is 16.7 Å². The van der Waals surface area contributed by atoms with Crippen molar-refractivity contribution >= 4 is 17.4 Å². The first-order valence-corrected chi connectivity index (χ1v) is 8.36. The molecule has 2 aromatic rings. The van der Waals surface area contributed by atoms with E-state index in [-0.39, 0.29) is 17.5 Å². The van der Waals surface area contributed by atoms with Crippen molar-refractivity contribution in [2.24, 2.45) is 0 Å². The fourth-order valence-corrected chi connectivity index (χ4v) is 3.64. The summed E-state index contributed by atoms with van der Waals surface area (Å²) in [5, 5.41) is 2.80. The van der Waals surface area contributed by atoms with Crippen LogP contribution in [0.5, 0.6) is 0 Å². The summed E-state index contributed by atoms with van der Waals surface area (Å²) in [6.07, 6.45) is 0.798. The van der Waals surface area contributed by atoms with Crippen LogP contribution in [0.3, 0.4) is 0 Å². The first kappa shape index (κ1) is 16.0. The molecule has 0 spiro atoms. The highest BCUT2D eigenvalue weighted by Crippen LogP contribution is 2.46. The van der Waals surface area contributed by atoms with Crippen molar-refractivity contribution in [1.82, 2.24) is 0 Å². The van der Waals surface area contributed by atoms with Crippen LogP contribution in [0.15, 0.2) is 36.4 Å². The lowest BCUT2D eigenvalue weighted by Gasteiger charge is -2.18. The monoisotopic (exact) mass is 339 g/mol. The molecule has 2 unspecified atom stereocenters. The molecule has 0 fully saturated rings. The fourth-order valence-electron chi connectivity index (χ4n) is 3.64. The van der Waals surface area contributed by atoms with Crippen LogP contribution in [0.2, 0.25) is 0 Å². The molecule has 0 aromatic heterocycles. The fraction of sp³-hybridized carbons (Fsp3) is 0.300. The second-order valence-corrected chi connectivity index (χ2v) is 6.67. The summed E-state index contributed by atoms with van der Waals surface area (Å²) in [7, 11) is 0. The number of aryl methyl sites for hydroxylation is 1. The number of ether oxygens (including phenoxy) is 1. The third-order valence-corrected chi connectivity index (χ3v) is 4.89. The van der Waals surface area contributed by atoms with Gasteiger partial charge in [0.25, 0.3) is 0 Å². The Balaban J connectivity index is 1.64. The molecular formula is C20H18FNO3. The topological polar surface area (TPSA) is 55.4 Å². The molecule has 2 aromatic carbocycles. The van der Waals surface area contributed by atoms with Gasteiger partial charge in [0, 0.05) is 12.1 Å². The second kappa shape index (κ2) is 6.08. The van der Waals surface area contributed by atoms with Gasteiger partial charge in [0.2, 0.25) is 5.91 Å². The zero-order valence-electron chi connectivity index (χ0n) is 13.8. The molecule has 128 valence electrons. The zero-order valence-corrected chi connectivity index (χ0v) is 13.8. The molecule has 4 nitrogen and oxygen atoms in total. The van der Waals surface area contributed by atoms with Crippen LogP contribution in [0.25, 0.3) is 0 Å². The molecule has 0 saturated heterocycles. The molecule has 1 N–H and O–H groups in total. The predicted octanol–water partition coefficient (Wildman–Crippen LogP) is 3.65. The molecule has 2 heterocycles. The number of carbonyl (C=O) groups is 2. The van der Waals surface area contributed by atoms with Crippen LogP contribution in [0.1, 0.15) is 47.6 Å². The number of hydrogen-bond donors (Lipinski definition) is 1. The van der Waals surface area contributed by atoms with Gasteiger partial charge in [-0.15, -0.1) is 0 Å². The van der Waals surface area contributed by atoms with Gasteiger partial charge in [-0.3, -0.25) is 4.79 Å². The Bertz CT molecular complexity index is 877. The van der Waals surface area contributed by atoms with Crippen molar-refractivity contribution in [3.8, 4) is 0 Å². The van der Waals surface area contributed by atoms with Gasteiger partial charge in [-0.2, -0.15) is 0 Å². The maximum Gasteiger partial charge on any atom is 0.235 e. The Morgan fingerprint density at radius 1 is 1.24 bits per heavy atom. The number of amides is 1. The van der Waals surface area contributed by atoms with E-state index in [1.165, 1.54) is 12.1 Å². The number of rotatable bonds is 4. The minimum absolute atomic E-state index is 0.163. The van der Waals surface area contributed by atoms with Crippen molar-refractivity contribution in [2.45, 2.75) is 38.4 Å². The largest absolute Gasteiger partial charge is 0.368 e. The number of carbonyl (C=O) groups excluding carboxylic acids is 2. The van der Waals surface area contributed by atoms with Gasteiger partial charge in [0.05, 0.1) is 18.6 Å². The van der Waals surface area contributed by atoms with Crippen molar-refractivity contribution in [1.29, 1.82) is 0 Å². The molecule has 0 bridgehead atoms. The second-order valence-electron chi connectivity index (χ2n) is 6.67. The number of fused-ring (bicyclic) bond motifs is 2. The average molecular weight is 339 g/mol. The van der Waals surface area contributed by atoms with Gasteiger partial charge in [0.15, 0.2) is 0 Å². The molecule has 0 saturated carbocycles. The Kier molecular flexibility index (Phi) is 3.88. The van der Waals surface area contributed by atoms with Crippen molar-refractivity contribution in [3.05, 3.63) is 64.5 Å². The quantitative estimate of drug-likeness (QED) is 0.925. The van der Waals surface area contributed by atoms with Gasteiger partial charge in [-0.25, -0.2) is 4.39 Å². The number of halogens is 1. The Morgan fingerprint density at radius 3 is 2.88 bits per heavy atom. The molecule has 1 amide bonds. The van der Waals surface area contributed by atoms with Gasteiger partial charge >= 0.3 is 0 Å². The van der Waals surface area contributed by atoms with Crippen molar-refractivity contribution < 1.29 is 18.7 Å². The summed E-state index contributed by atoms with van der Waals surface area (Å²) < 4.78 is 19.5. The smallest absolute Gasteiger partial charge is 0.235 e. The SMILES string of the molecule is CC(=O)CCc1ccc2c(c1)COC2C1C(=O)Nc2ccc(F)cc21. The van der Waals surface area contributed by atoms with E-state index >= 15 is 0 Å². The van der Waals surface area contributed by atoms with Crippen molar-refractivity contribution in [2.75, 3.05) is 5.32 Å². The van der Waals surface area contributed by atoms with Crippen LogP contribution < -0.4 is 5.32 Å². The van der Waals surface area contributed by atoms with Gasteiger partial charge in [0.1, 0.15) is 11.6 Å². The number of nitrogens with one attached hydrogen (secondary N) is 1. The highest BCUT2D eigenvalue weighted by atomic mass is 19.1. The van der Waals surface area contributed by atoms with Crippen molar-refractivity contribution in [3.63, 3.8) is 0 Å². The Morgan fingerprint density at radius 2 is 2.08 bits per heavy atom. The summed E-state index contributed by atoms with van der Waals surface area (Å²) in [5.41, 5.74) is 4.36. The van der Waals surface area contributed by atoms with E-state index in [0.29, 0.717) is 30.7 Å². The van der Waals surface area contributed by atoms with E-state index in [9.17, 15) is 14.0 Å². The Hall–Kier alpha value is -2.53. The van der Waals surface area contributed by atoms with Crippen LogP contribution in [-0.4, -0.2) is 11.7 Å². The first-order chi connectivity index (χ1) is 12.0. The highest BCUT2D eigenvalue weighted by Gasteiger charge is 2.41. The maximum atomic E-state index is 13.6.